The van der Waals surface area contributed by atoms with Gasteiger partial charge in [0.1, 0.15) is 0 Å². The van der Waals surface area contributed by atoms with E-state index in [0.29, 0.717) is 17.7 Å². The summed E-state index contributed by atoms with van der Waals surface area (Å²) in [6.45, 7) is 6.40. The summed E-state index contributed by atoms with van der Waals surface area (Å²) in [6, 6.07) is 0.113. The van der Waals surface area contributed by atoms with Crippen LogP contribution in [0.2, 0.25) is 0 Å². The van der Waals surface area contributed by atoms with Crippen LogP contribution in [0.3, 0.4) is 0 Å². The molecule has 1 amide bonds. The van der Waals surface area contributed by atoms with Crippen LogP contribution in [0.15, 0.2) is 9.64 Å². The Labute approximate surface area is 118 Å². The zero-order valence-electron chi connectivity index (χ0n) is 12.1. The molecular weight excluding hydrogens is 264 g/mol. The molecule has 0 unspecified atom stereocenters. The first-order chi connectivity index (χ1) is 8.99. The average molecular weight is 286 g/mol. The van der Waals surface area contributed by atoms with Gasteiger partial charge in [-0.05, 0) is 34.4 Å². The first-order valence-electron chi connectivity index (χ1n) is 6.43. The normalized spacial score (nSPS) is 14.4. The number of carbonyl (C=O) groups excluding carboxylic acids is 1. The maximum Gasteiger partial charge on any atom is 0.277 e. The highest BCUT2D eigenvalue weighted by atomic mass is 32.2. The molecule has 0 radical (unpaired) electrons. The highest BCUT2D eigenvalue weighted by Gasteiger charge is 2.21. The lowest BCUT2D eigenvalue weighted by molar-refractivity contribution is -0.120. The summed E-state index contributed by atoms with van der Waals surface area (Å²) in [6.07, 6.45) is 0.894. The van der Waals surface area contributed by atoms with Crippen molar-refractivity contribution >= 4 is 17.7 Å². The zero-order valence-corrected chi connectivity index (χ0v) is 13.0. The third-order valence-corrected chi connectivity index (χ3v) is 3.65. The number of aromatic nitrogens is 2. The fourth-order valence-corrected chi connectivity index (χ4v) is 2.40. The van der Waals surface area contributed by atoms with E-state index in [1.54, 1.807) is 0 Å². The van der Waals surface area contributed by atoms with Gasteiger partial charge in [-0.1, -0.05) is 18.7 Å². The van der Waals surface area contributed by atoms with Gasteiger partial charge in [0.05, 0.1) is 11.3 Å². The molecule has 1 N–H and O–H groups in total. The van der Waals surface area contributed by atoms with Gasteiger partial charge in [0.15, 0.2) is 0 Å². The second-order valence-electron chi connectivity index (χ2n) is 4.45. The van der Waals surface area contributed by atoms with Crippen molar-refractivity contribution in [1.82, 2.24) is 20.4 Å². The molecule has 1 heterocycles. The molecule has 0 aliphatic rings. The van der Waals surface area contributed by atoms with Gasteiger partial charge in [0.2, 0.25) is 11.8 Å². The lowest BCUT2D eigenvalue weighted by atomic mass is 10.2. The highest BCUT2D eigenvalue weighted by molar-refractivity contribution is 8.00. The molecule has 0 fully saturated rings. The Balaban J connectivity index is 2.67. The number of amides is 1. The third kappa shape index (κ3) is 4.50. The average Bonchev–Trinajstić information content (AvgIpc) is 2.78. The maximum atomic E-state index is 11.6. The van der Waals surface area contributed by atoms with E-state index in [0.717, 1.165) is 6.42 Å². The molecular formula is C12H22N4O2S. The molecule has 0 spiro atoms. The standard InChI is InChI=1S/C12H22N4O2S/c1-6-9(16(4)5)11-14-15-12(18-11)19-8(3)10(17)13-7-2/h8-9H,6-7H2,1-5H3,(H,13,17)/t8-,9-/m0/s1. The van der Waals surface area contributed by atoms with E-state index in [2.05, 4.69) is 22.4 Å². The quantitative estimate of drug-likeness (QED) is 0.769. The fraction of sp³-hybridized carbons (Fsp3) is 0.750. The van der Waals surface area contributed by atoms with Crippen molar-refractivity contribution in [2.75, 3.05) is 20.6 Å². The van der Waals surface area contributed by atoms with Crippen molar-refractivity contribution in [3.63, 3.8) is 0 Å². The molecule has 108 valence electrons. The van der Waals surface area contributed by atoms with Crippen molar-refractivity contribution in [2.45, 2.75) is 43.7 Å². The van der Waals surface area contributed by atoms with E-state index < -0.39 is 0 Å². The summed E-state index contributed by atoms with van der Waals surface area (Å²) >= 11 is 1.28. The molecule has 1 rings (SSSR count). The molecule has 1 aromatic rings. The molecule has 7 heteroatoms. The minimum absolute atomic E-state index is 0.0214. The van der Waals surface area contributed by atoms with Gasteiger partial charge in [-0.2, -0.15) is 0 Å². The predicted octanol–water partition coefficient (Wildman–Crippen LogP) is 1.70. The first-order valence-corrected chi connectivity index (χ1v) is 7.31. The smallest absolute Gasteiger partial charge is 0.277 e. The van der Waals surface area contributed by atoms with Gasteiger partial charge >= 0.3 is 0 Å². The largest absolute Gasteiger partial charge is 0.414 e. The molecule has 0 aliphatic heterocycles. The Hall–Kier alpha value is -1.08. The number of hydrogen-bond acceptors (Lipinski definition) is 6. The summed E-state index contributed by atoms with van der Waals surface area (Å²) < 4.78 is 5.62. The molecule has 1 aromatic heterocycles. The molecule has 0 saturated carbocycles. The van der Waals surface area contributed by atoms with Crippen LogP contribution in [0.1, 0.15) is 39.1 Å². The van der Waals surface area contributed by atoms with Crippen LogP contribution in [-0.2, 0) is 4.79 Å². The number of nitrogens with zero attached hydrogens (tertiary/aromatic N) is 3. The number of rotatable bonds is 7. The van der Waals surface area contributed by atoms with Crippen molar-refractivity contribution in [3.8, 4) is 0 Å². The molecule has 2 atom stereocenters. The topological polar surface area (TPSA) is 71.3 Å². The van der Waals surface area contributed by atoms with Crippen LogP contribution in [0.5, 0.6) is 0 Å². The second-order valence-corrected chi connectivity index (χ2v) is 5.74. The molecule has 0 aromatic carbocycles. The van der Waals surface area contributed by atoms with E-state index in [1.165, 1.54) is 11.8 Å². The van der Waals surface area contributed by atoms with Gasteiger partial charge in [0, 0.05) is 6.54 Å². The minimum atomic E-state index is -0.243. The fourth-order valence-electron chi connectivity index (χ4n) is 1.69. The molecule has 0 aliphatic carbocycles. The Morgan fingerprint density at radius 3 is 2.63 bits per heavy atom. The maximum absolute atomic E-state index is 11.6. The van der Waals surface area contributed by atoms with Crippen LogP contribution < -0.4 is 5.32 Å². The monoisotopic (exact) mass is 286 g/mol. The van der Waals surface area contributed by atoms with Gasteiger partial charge in [0.25, 0.3) is 5.22 Å². The zero-order chi connectivity index (χ0) is 14.4. The second kappa shape index (κ2) is 7.49. The summed E-state index contributed by atoms with van der Waals surface area (Å²) in [5.74, 6) is 0.574. The Morgan fingerprint density at radius 2 is 2.11 bits per heavy atom. The van der Waals surface area contributed by atoms with E-state index in [9.17, 15) is 4.79 Å². The van der Waals surface area contributed by atoms with Gasteiger partial charge in [-0.3, -0.25) is 9.69 Å². The van der Waals surface area contributed by atoms with Crippen LogP contribution in [0.25, 0.3) is 0 Å². The number of thioether (sulfide) groups is 1. The van der Waals surface area contributed by atoms with E-state index >= 15 is 0 Å². The summed E-state index contributed by atoms with van der Waals surface area (Å²) in [5.41, 5.74) is 0. The lowest BCUT2D eigenvalue weighted by Gasteiger charge is -2.18. The molecule has 6 nitrogen and oxygen atoms in total. The van der Waals surface area contributed by atoms with E-state index in [-0.39, 0.29) is 17.2 Å². The van der Waals surface area contributed by atoms with Crippen LogP contribution in [-0.4, -0.2) is 46.9 Å². The van der Waals surface area contributed by atoms with Crippen LogP contribution in [0, 0.1) is 0 Å². The summed E-state index contributed by atoms with van der Waals surface area (Å²) in [4.78, 5) is 13.7. The van der Waals surface area contributed by atoms with Gasteiger partial charge in [-0.15, -0.1) is 10.2 Å². The van der Waals surface area contributed by atoms with Crippen molar-refractivity contribution in [1.29, 1.82) is 0 Å². The van der Waals surface area contributed by atoms with Crippen molar-refractivity contribution < 1.29 is 9.21 Å². The number of nitrogens with one attached hydrogen (secondary N) is 1. The minimum Gasteiger partial charge on any atom is -0.414 e. The summed E-state index contributed by atoms with van der Waals surface area (Å²) in [7, 11) is 3.95. The Kier molecular flexibility index (Phi) is 6.30. The Bertz CT molecular complexity index is 408. The van der Waals surface area contributed by atoms with Crippen molar-refractivity contribution in [3.05, 3.63) is 5.89 Å². The number of hydrogen-bond donors (Lipinski definition) is 1. The predicted molar refractivity (Wildman–Crippen MR) is 75.0 cm³/mol. The van der Waals surface area contributed by atoms with Crippen LogP contribution >= 0.6 is 11.8 Å². The SMILES string of the molecule is CCNC(=O)[C@H](C)Sc1nnc([C@H](CC)N(C)C)o1. The van der Waals surface area contributed by atoms with E-state index in [1.807, 2.05) is 32.8 Å². The molecule has 0 saturated heterocycles. The Morgan fingerprint density at radius 1 is 1.42 bits per heavy atom. The lowest BCUT2D eigenvalue weighted by Crippen LogP contribution is -2.30. The van der Waals surface area contributed by atoms with Gasteiger partial charge in [-0.25, -0.2) is 0 Å². The number of carbonyl (C=O) groups is 1. The third-order valence-electron chi connectivity index (χ3n) is 2.72. The van der Waals surface area contributed by atoms with E-state index in [4.69, 9.17) is 4.42 Å². The molecule has 0 bridgehead atoms. The molecule has 19 heavy (non-hydrogen) atoms. The van der Waals surface area contributed by atoms with Gasteiger partial charge < -0.3 is 9.73 Å². The van der Waals surface area contributed by atoms with Crippen LogP contribution in [0.4, 0.5) is 0 Å². The van der Waals surface area contributed by atoms with Crippen molar-refractivity contribution in [2.24, 2.45) is 0 Å². The summed E-state index contributed by atoms with van der Waals surface area (Å²) in [5, 5.41) is 11.0. The first kappa shape index (κ1) is 16.0. The highest BCUT2D eigenvalue weighted by Crippen LogP contribution is 2.26.